The highest BCUT2D eigenvalue weighted by Gasteiger charge is 2.34. The van der Waals surface area contributed by atoms with Gasteiger partial charge in [-0.2, -0.15) is 13.2 Å². The number of halogens is 3. The lowest BCUT2D eigenvalue weighted by atomic mass is 10.1. The van der Waals surface area contributed by atoms with Gasteiger partial charge in [-0.3, -0.25) is 9.59 Å². The monoisotopic (exact) mass is 456 g/mol. The lowest BCUT2D eigenvalue weighted by Crippen LogP contribution is -2.31. The van der Waals surface area contributed by atoms with Gasteiger partial charge in [-0.05, 0) is 55.3 Å². The third kappa shape index (κ3) is 6.83. The number of amides is 2. The van der Waals surface area contributed by atoms with Crippen LogP contribution in [0.2, 0.25) is 0 Å². The summed E-state index contributed by atoms with van der Waals surface area (Å²) in [7, 11) is 0. The van der Waals surface area contributed by atoms with Crippen LogP contribution in [0, 0.1) is 0 Å². The summed E-state index contributed by atoms with van der Waals surface area (Å²) in [6.07, 6.45) is -4.94. The molecule has 3 aromatic rings. The average Bonchev–Trinajstić information content (AvgIpc) is 2.80. The number of benzene rings is 3. The van der Waals surface area contributed by atoms with Gasteiger partial charge in [-0.25, -0.2) is 0 Å². The largest absolute Gasteiger partial charge is 0.481 e. The van der Waals surface area contributed by atoms with Gasteiger partial charge in [0, 0.05) is 12.1 Å². The van der Waals surface area contributed by atoms with Crippen LogP contribution in [0.4, 0.5) is 18.9 Å². The minimum absolute atomic E-state index is 0.243. The molecule has 0 radical (unpaired) electrons. The topological polar surface area (TPSA) is 67.4 Å². The lowest BCUT2D eigenvalue weighted by Gasteiger charge is -2.17. The normalized spacial score (nSPS) is 12.0. The predicted octanol–water partition coefficient (Wildman–Crippen LogP) is 5.08. The zero-order valence-electron chi connectivity index (χ0n) is 17.9. The van der Waals surface area contributed by atoms with E-state index in [1.54, 1.807) is 12.1 Å². The molecular formula is C25H23F3N2O3. The molecule has 2 amide bonds. The molecule has 3 rings (SSSR count). The molecule has 1 atom stereocenters. The van der Waals surface area contributed by atoms with Crippen molar-refractivity contribution >= 4 is 17.5 Å². The number of hydrogen-bond donors (Lipinski definition) is 2. The van der Waals surface area contributed by atoms with Crippen molar-refractivity contribution < 1.29 is 27.5 Å². The van der Waals surface area contributed by atoms with E-state index in [9.17, 15) is 22.8 Å². The molecule has 0 aliphatic rings. The van der Waals surface area contributed by atoms with E-state index in [1.807, 2.05) is 30.3 Å². The Bertz CT molecular complexity index is 1080. The Morgan fingerprint density at radius 1 is 0.909 bits per heavy atom. The van der Waals surface area contributed by atoms with E-state index in [0.717, 1.165) is 11.6 Å². The molecule has 0 aromatic heterocycles. The number of carbonyl (C=O) groups excluding carboxylic acids is 2. The Morgan fingerprint density at radius 2 is 1.55 bits per heavy atom. The Morgan fingerprint density at radius 3 is 2.21 bits per heavy atom. The fourth-order valence-electron chi connectivity index (χ4n) is 3.08. The highest BCUT2D eigenvalue weighted by atomic mass is 19.4. The SMILES string of the molecule is CC(Oc1ccc(C(=O)NCCc2ccccc2)cc1)C(=O)Nc1ccccc1C(F)(F)F. The second-order valence-electron chi connectivity index (χ2n) is 7.31. The average molecular weight is 456 g/mol. The molecule has 0 heterocycles. The van der Waals surface area contributed by atoms with Crippen LogP contribution in [0.3, 0.4) is 0 Å². The number of alkyl halides is 3. The van der Waals surface area contributed by atoms with Gasteiger partial charge in [-0.15, -0.1) is 0 Å². The van der Waals surface area contributed by atoms with Crippen LogP contribution in [-0.2, 0) is 17.4 Å². The summed E-state index contributed by atoms with van der Waals surface area (Å²) in [5.41, 5.74) is 0.263. The summed E-state index contributed by atoms with van der Waals surface area (Å²) < 4.78 is 44.8. The number of ether oxygens (including phenoxy) is 1. The maximum absolute atomic E-state index is 13.1. The highest BCUT2D eigenvalue weighted by molar-refractivity contribution is 5.95. The van der Waals surface area contributed by atoms with Crippen molar-refractivity contribution in [2.45, 2.75) is 25.6 Å². The molecule has 0 bridgehead atoms. The summed E-state index contributed by atoms with van der Waals surface area (Å²) in [5, 5.41) is 5.09. The summed E-state index contributed by atoms with van der Waals surface area (Å²) in [6.45, 7) is 1.91. The molecule has 0 saturated carbocycles. The van der Waals surface area contributed by atoms with Gasteiger partial charge in [0.05, 0.1) is 11.3 Å². The predicted molar refractivity (Wildman–Crippen MR) is 119 cm³/mol. The minimum Gasteiger partial charge on any atom is -0.481 e. The molecule has 5 nitrogen and oxygen atoms in total. The first-order valence-corrected chi connectivity index (χ1v) is 10.3. The third-order valence-corrected chi connectivity index (χ3v) is 4.83. The quantitative estimate of drug-likeness (QED) is 0.497. The zero-order valence-corrected chi connectivity index (χ0v) is 17.9. The van der Waals surface area contributed by atoms with Crippen LogP contribution >= 0.6 is 0 Å². The van der Waals surface area contributed by atoms with Gasteiger partial charge in [0.15, 0.2) is 6.10 Å². The molecule has 1 unspecified atom stereocenters. The Hall–Kier alpha value is -3.81. The van der Waals surface area contributed by atoms with E-state index in [1.165, 1.54) is 37.3 Å². The van der Waals surface area contributed by atoms with Crippen molar-refractivity contribution in [1.82, 2.24) is 5.32 Å². The van der Waals surface area contributed by atoms with Crippen LogP contribution in [-0.4, -0.2) is 24.5 Å². The fraction of sp³-hybridized carbons (Fsp3) is 0.200. The highest BCUT2D eigenvalue weighted by Crippen LogP contribution is 2.34. The summed E-state index contributed by atoms with van der Waals surface area (Å²) in [6, 6.07) is 20.7. The van der Waals surface area contributed by atoms with Crippen molar-refractivity contribution in [1.29, 1.82) is 0 Å². The van der Waals surface area contributed by atoms with Crippen molar-refractivity contribution in [3.63, 3.8) is 0 Å². The number of nitrogens with one attached hydrogen (secondary N) is 2. The number of para-hydroxylation sites is 1. The first-order chi connectivity index (χ1) is 15.7. The van der Waals surface area contributed by atoms with Gasteiger partial charge in [0.25, 0.3) is 11.8 Å². The first kappa shape index (κ1) is 23.8. The molecule has 33 heavy (non-hydrogen) atoms. The Balaban J connectivity index is 1.53. The van der Waals surface area contributed by atoms with E-state index in [2.05, 4.69) is 10.6 Å². The fourth-order valence-corrected chi connectivity index (χ4v) is 3.08. The van der Waals surface area contributed by atoms with Crippen LogP contribution in [0.1, 0.15) is 28.4 Å². The molecule has 2 N–H and O–H groups in total. The van der Waals surface area contributed by atoms with Crippen LogP contribution < -0.4 is 15.4 Å². The molecule has 172 valence electrons. The standard InChI is InChI=1S/C25H23F3N2O3/c1-17(23(31)30-22-10-6-5-9-21(22)25(26,27)28)33-20-13-11-19(12-14-20)24(32)29-16-15-18-7-3-2-4-8-18/h2-14,17H,15-16H2,1H3,(H,29,32)(H,30,31). The summed E-state index contributed by atoms with van der Waals surface area (Å²) in [5.74, 6) is -0.663. The zero-order chi connectivity index (χ0) is 23.8. The van der Waals surface area contributed by atoms with Gasteiger partial charge in [-0.1, -0.05) is 42.5 Å². The molecule has 0 aliphatic heterocycles. The van der Waals surface area contributed by atoms with Gasteiger partial charge in [0.1, 0.15) is 5.75 Å². The number of carbonyl (C=O) groups is 2. The molecule has 0 saturated heterocycles. The summed E-state index contributed by atoms with van der Waals surface area (Å²) >= 11 is 0. The maximum atomic E-state index is 13.1. The van der Waals surface area contributed by atoms with Crippen molar-refractivity contribution in [2.75, 3.05) is 11.9 Å². The molecule has 0 fully saturated rings. The van der Waals surface area contributed by atoms with E-state index >= 15 is 0 Å². The number of rotatable bonds is 8. The second kappa shape index (κ2) is 10.7. The number of hydrogen-bond acceptors (Lipinski definition) is 3. The molecule has 8 heteroatoms. The van der Waals surface area contributed by atoms with Crippen molar-refractivity contribution in [3.05, 3.63) is 95.6 Å². The Labute approximate surface area is 189 Å². The van der Waals surface area contributed by atoms with Crippen LogP contribution in [0.5, 0.6) is 5.75 Å². The van der Waals surface area contributed by atoms with E-state index in [4.69, 9.17) is 4.74 Å². The number of anilines is 1. The lowest BCUT2D eigenvalue weighted by molar-refractivity contribution is -0.137. The molecule has 0 spiro atoms. The van der Waals surface area contributed by atoms with Crippen molar-refractivity contribution in [2.24, 2.45) is 0 Å². The van der Waals surface area contributed by atoms with Crippen molar-refractivity contribution in [3.8, 4) is 5.75 Å². The van der Waals surface area contributed by atoms with Crippen LogP contribution in [0.25, 0.3) is 0 Å². The van der Waals surface area contributed by atoms with Gasteiger partial charge >= 0.3 is 6.18 Å². The molecular weight excluding hydrogens is 433 g/mol. The first-order valence-electron chi connectivity index (χ1n) is 10.3. The van der Waals surface area contributed by atoms with E-state index in [-0.39, 0.29) is 11.6 Å². The van der Waals surface area contributed by atoms with Crippen LogP contribution in [0.15, 0.2) is 78.9 Å². The maximum Gasteiger partial charge on any atom is 0.418 e. The minimum atomic E-state index is -4.59. The molecule has 3 aromatic carbocycles. The smallest absolute Gasteiger partial charge is 0.418 e. The molecule has 0 aliphatic carbocycles. The third-order valence-electron chi connectivity index (χ3n) is 4.83. The van der Waals surface area contributed by atoms with E-state index in [0.29, 0.717) is 24.3 Å². The van der Waals surface area contributed by atoms with Gasteiger partial charge in [0.2, 0.25) is 0 Å². The van der Waals surface area contributed by atoms with Gasteiger partial charge < -0.3 is 15.4 Å². The van der Waals surface area contributed by atoms with E-state index < -0.39 is 23.8 Å². The Kier molecular flexibility index (Phi) is 7.71. The second-order valence-corrected chi connectivity index (χ2v) is 7.31. The summed E-state index contributed by atoms with van der Waals surface area (Å²) in [4.78, 5) is 24.6.